The molecule has 0 aliphatic rings. The molecule has 1 amide bonds. The van der Waals surface area contributed by atoms with E-state index in [2.05, 4.69) is 5.32 Å². The largest absolute Gasteiger partial charge is 0.493 e. The molecule has 0 saturated carbocycles. The van der Waals surface area contributed by atoms with Crippen LogP contribution in [0.5, 0.6) is 11.5 Å². The summed E-state index contributed by atoms with van der Waals surface area (Å²) >= 11 is 0. The fourth-order valence-electron chi connectivity index (χ4n) is 1.59. The van der Waals surface area contributed by atoms with Crippen LogP contribution in [0.1, 0.15) is 30.6 Å². The van der Waals surface area contributed by atoms with Gasteiger partial charge in [0.15, 0.2) is 17.6 Å². The van der Waals surface area contributed by atoms with Crippen LogP contribution in [0.4, 0.5) is 0 Å². The first kappa shape index (κ1) is 15.8. The van der Waals surface area contributed by atoms with Gasteiger partial charge in [0.1, 0.15) is 5.56 Å². The number of nitrogens with one attached hydrogen (secondary N) is 1. The molecule has 6 nitrogen and oxygen atoms in total. The molecule has 1 aromatic rings. The van der Waals surface area contributed by atoms with Crippen molar-refractivity contribution in [3.8, 4) is 11.5 Å². The van der Waals surface area contributed by atoms with Gasteiger partial charge in [-0.15, -0.1) is 0 Å². The Morgan fingerprint density at radius 3 is 2.65 bits per heavy atom. The standard InChI is InChI=1S/C14H19NO5/c1-4-8-15-13(16)9(2)20-12-10(14(17)18)6-5-7-11(12)19-3/h5-7,9H,4,8H2,1-3H3,(H,15,16)(H,17,18). The molecule has 110 valence electrons. The molecule has 1 aromatic carbocycles. The average molecular weight is 281 g/mol. The summed E-state index contributed by atoms with van der Waals surface area (Å²) in [5, 5.41) is 11.8. The Bertz CT molecular complexity index is 486. The number of hydrogen-bond acceptors (Lipinski definition) is 4. The van der Waals surface area contributed by atoms with Gasteiger partial charge in [0.2, 0.25) is 0 Å². The van der Waals surface area contributed by atoms with Crippen LogP contribution < -0.4 is 14.8 Å². The first-order valence-corrected chi connectivity index (χ1v) is 6.35. The number of carbonyl (C=O) groups is 2. The zero-order valence-corrected chi connectivity index (χ0v) is 11.8. The van der Waals surface area contributed by atoms with E-state index < -0.39 is 12.1 Å². The fraction of sp³-hybridized carbons (Fsp3) is 0.429. The highest BCUT2D eigenvalue weighted by molar-refractivity contribution is 5.92. The highest BCUT2D eigenvalue weighted by Crippen LogP contribution is 2.31. The molecule has 0 aromatic heterocycles. The average Bonchev–Trinajstić information content (AvgIpc) is 2.44. The van der Waals surface area contributed by atoms with Crippen LogP contribution in [0.2, 0.25) is 0 Å². The Balaban J connectivity index is 2.95. The third-order valence-electron chi connectivity index (χ3n) is 2.64. The Hall–Kier alpha value is -2.24. The van der Waals surface area contributed by atoms with Crippen molar-refractivity contribution in [3.63, 3.8) is 0 Å². The number of para-hydroxylation sites is 1. The minimum Gasteiger partial charge on any atom is -0.493 e. The zero-order chi connectivity index (χ0) is 15.1. The van der Waals surface area contributed by atoms with E-state index >= 15 is 0 Å². The van der Waals surface area contributed by atoms with Crippen LogP contribution in [0.3, 0.4) is 0 Å². The van der Waals surface area contributed by atoms with E-state index in [0.29, 0.717) is 6.54 Å². The number of ether oxygens (including phenoxy) is 2. The van der Waals surface area contributed by atoms with Crippen molar-refractivity contribution in [3.05, 3.63) is 23.8 Å². The third kappa shape index (κ3) is 3.88. The van der Waals surface area contributed by atoms with Gasteiger partial charge in [-0.2, -0.15) is 0 Å². The summed E-state index contributed by atoms with van der Waals surface area (Å²) in [7, 11) is 1.41. The van der Waals surface area contributed by atoms with Crippen molar-refractivity contribution in [1.29, 1.82) is 0 Å². The summed E-state index contributed by atoms with van der Waals surface area (Å²) in [5.41, 5.74) is -0.0421. The molecule has 2 N–H and O–H groups in total. The van der Waals surface area contributed by atoms with Gasteiger partial charge in [-0.1, -0.05) is 13.0 Å². The molecule has 0 fully saturated rings. The maximum absolute atomic E-state index is 11.8. The summed E-state index contributed by atoms with van der Waals surface area (Å²) in [4.78, 5) is 22.9. The highest BCUT2D eigenvalue weighted by atomic mass is 16.5. The molecule has 6 heteroatoms. The monoisotopic (exact) mass is 281 g/mol. The van der Waals surface area contributed by atoms with Crippen LogP contribution in [0.15, 0.2) is 18.2 Å². The summed E-state index contributed by atoms with van der Waals surface area (Å²) in [6.45, 7) is 4.04. The van der Waals surface area contributed by atoms with E-state index in [4.69, 9.17) is 14.6 Å². The Labute approximate surface area is 117 Å². The molecule has 0 bridgehead atoms. The molecule has 0 radical (unpaired) electrons. The quantitative estimate of drug-likeness (QED) is 0.794. The first-order valence-electron chi connectivity index (χ1n) is 6.35. The number of carboxylic acid groups (broad SMARTS) is 1. The Morgan fingerprint density at radius 2 is 2.10 bits per heavy atom. The fourth-order valence-corrected chi connectivity index (χ4v) is 1.59. The number of amides is 1. The van der Waals surface area contributed by atoms with E-state index in [0.717, 1.165) is 6.42 Å². The molecule has 0 heterocycles. The molecular formula is C14H19NO5. The Kier molecular flexibility index (Phi) is 5.83. The minimum atomic E-state index is -1.14. The van der Waals surface area contributed by atoms with Crippen molar-refractivity contribution in [2.45, 2.75) is 26.4 Å². The van der Waals surface area contributed by atoms with E-state index in [9.17, 15) is 9.59 Å². The van der Waals surface area contributed by atoms with Crippen molar-refractivity contribution < 1.29 is 24.2 Å². The molecule has 0 saturated heterocycles. The molecule has 0 aliphatic heterocycles. The molecule has 0 spiro atoms. The van der Waals surface area contributed by atoms with Gasteiger partial charge in [0, 0.05) is 6.54 Å². The van der Waals surface area contributed by atoms with Crippen molar-refractivity contribution >= 4 is 11.9 Å². The zero-order valence-electron chi connectivity index (χ0n) is 11.8. The van der Waals surface area contributed by atoms with Gasteiger partial charge in [-0.3, -0.25) is 4.79 Å². The maximum atomic E-state index is 11.8. The molecule has 0 aliphatic carbocycles. The lowest BCUT2D eigenvalue weighted by atomic mass is 10.2. The normalized spacial score (nSPS) is 11.6. The van der Waals surface area contributed by atoms with Crippen LogP contribution >= 0.6 is 0 Å². The van der Waals surface area contributed by atoms with Crippen LogP contribution in [0.25, 0.3) is 0 Å². The van der Waals surface area contributed by atoms with Crippen molar-refractivity contribution in [2.75, 3.05) is 13.7 Å². The van der Waals surface area contributed by atoms with Crippen LogP contribution in [-0.4, -0.2) is 36.7 Å². The summed E-state index contributed by atoms with van der Waals surface area (Å²) < 4.78 is 10.5. The lowest BCUT2D eigenvalue weighted by molar-refractivity contribution is -0.127. The molecule has 20 heavy (non-hydrogen) atoms. The van der Waals surface area contributed by atoms with E-state index in [1.54, 1.807) is 19.1 Å². The van der Waals surface area contributed by atoms with E-state index in [-0.39, 0.29) is 23.0 Å². The third-order valence-corrected chi connectivity index (χ3v) is 2.64. The second-order valence-electron chi connectivity index (χ2n) is 4.19. The smallest absolute Gasteiger partial charge is 0.339 e. The summed E-state index contributed by atoms with van der Waals surface area (Å²) in [6.07, 6.45) is 0.00368. The number of methoxy groups -OCH3 is 1. The number of aromatic carboxylic acids is 1. The summed E-state index contributed by atoms with van der Waals surface area (Å²) in [6, 6.07) is 4.53. The van der Waals surface area contributed by atoms with Crippen molar-refractivity contribution in [1.82, 2.24) is 5.32 Å². The van der Waals surface area contributed by atoms with E-state index in [1.807, 2.05) is 6.92 Å². The number of hydrogen-bond donors (Lipinski definition) is 2. The first-order chi connectivity index (χ1) is 9.51. The maximum Gasteiger partial charge on any atom is 0.339 e. The number of carboxylic acids is 1. The van der Waals surface area contributed by atoms with Gasteiger partial charge >= 0.3 is 5.97 Å². The summed E-state index contributed by atoms with van der Waals surface area (Å²) in [5.74, 6) is -1.10. The lowest BCUT2D eigenvalue weighted by Crippen LogP contribution is -2.37. The van der Waals surface area contributed by atoms with Gasteiger partial charge in [0.05, 0.1) is 7.11 Å². The predicted octanol–water partition coefficient (Wildman–Crippen LogP) is 1.69. The predicted molar refractivity (Wildman–Crippen MR) is 73.3 cm³/mol. The molecule has 1 rings (SSSR count). The second-order valence-corrected chi connectivity index (χ2v) is 4.19. The topological polar surface area (TPSA) is 84.9 Å². The van der Waals surface area contributed by atoms with Gasteiger partial charge in [-0.05, 0) is 25.5 Å². The van der Waals surface area contributed by atoms with Crippen LogP contribution in [-0.2, 0) is 4.79 Å². The molecule has 1 unspecified atom stereocenters. The number of benzene rings is 1. The van der Waals surface area contributed by atoms with E-state index in [1.165, 1.54) is 13.2 Å². The highest BCUT2D eigenvalue weighted by Gasteiger charge is 2.21. The molecule has 1 atom stereocenters. The van der Waals surface area contributed by atoms with Crippen molar-refractivity contribution in [2.24, 2.45) is 0 Å². The SMILES string of the molecule is CCCNC(=O)C(C)Oc1c(OC)cccc1C(=O)O. The van der Waals surface area contributed by atoms with Gasteiger partial charge in [0.25, 0.3) is 5.91 Å². The number of carbonyl (C=O) groups excluding carboxylic acids is 1. The molecular weight excluding hydrogens is 262 g/mol. The van der Waals surface area contributed by atoms with Gasteiger partial charge < -0.3 is 19.9 Å². The second kappa shape index (κ2) is 7.37. The lowest BCUT2D eigenvalue weighted by Gasteiger charge is -2.18. The Morgan fingerprint density at radius 1 is 1.40 bits per heavy atom. The van der Waals surface area contributed by atoms with Gasteiger partial charge in [-0.25, -0.2) is 4.79 Å². The van der Waals surface area contributed by atoms with Crippen LogP contribution in [0, 0.1) is 0 Å². The minimum absolute atomic E-state index is 0.0421. The number of rotatable bonds is 7.